The predicted molar refractivity (Wildman–Crippen MR) is 30.7 cm³/mol. The van der Waals surface area contributed by atoms with E-state index in [2.05, 4.69) is 9.97 Å². The number of hydrogen-bond donors (Lipinski definition) is 1. The molecule has 0 saturated carbocycles. The molecule has 0 unspecified atom stereocenters. The maximum Gasteiger partial charge on any atom is 0.290 e. The van der Waals surface area contributed by atoms with E-state index in [9.17, 15) is 0 Å². The first-order valence-electron chi connectivity index (χ1n) is 2.19. The van der Waals surface area contributed by atoms with Crippen LogP contribution in [-0.4, -0.2) is 21.5 Å². The van der Waals surface area contributed by atoms with Gasteiger partial charge in [0.05, 0.1) is 0 Å². The van der Waals surface area contributed by atoms with E-state index in [4.69, 9.17) is 9.90 Å². The Bertz CT molecular complexity index is 121. The molecule has 5 heteroatoms. The first kappa shape index (κ1) is 12.2. The molecule has 0 bridgehead atoms. The smallest absolute Gasteiger partial charge is 0.290 e. The van der Waals surface area contributed by atoms with Crippen LogP contribution in [0.4, 0.5) is 0 Å². The normalized spacial score (nSPS) is 6.00. The number of nitrogens with zero attached hydrogens (tertiary/aromatic N) is 2. The minimum Gasteiger partial charge on any atom is -0.483 e. The van der Waals surface area contributed by atoms with E-state index in [0.29, 0.717) is 0 Å². The van der Waals surface area contributed by atoms with Crippen LogP contribution >= 0.6 is 0 Å². The standard InChI is InChI=1S/C4H4N2.CH2O2.Cd/c1-2-6-4-3-5-1;2-1-3;/h1-4H;1H,(H,2,3);. The van der Waals surface area contributed by atoms with Gasteiger partial charge in [-0.1, -0.05) is 0 Å². The fourth-order valence-corrected chi connectivity index (χ4v) is 0.253. The summed E-state index contributed by atoms with van der Waals surface area (Å²) < 4.78 is 0. The molecular weight excluding hydrogens is 232 g/mol. The van der Waals surface area contributed by atoms with E-state index < -0.39 is 0 Å². The van der Waals surface area contributed by atoms with E-state index in [0.717, 1.165) is 0 Å². The van der Waals surface area contributed by atoms with Crippen molar-refractivity contribution in [2.75, 3.05) is 0 Å². The average molecular weight is 239 g/mol. The van der Waals surface area contributed by atoms with Gasteiger partial charge in [-0.05, 0) is 0 Å². The van der Waals surface area contributed by atoms with E-state index in [-0.39, 0.29) is 33.8 Å². The van der Waals surface area contributed by atoms with Crippen molar-refractivity contribution >= 4 is 6.47 Å². The molecule has 50 valence electrons. The average Bonchev–Trinajstić information content (AvgIpc) is 1.93. The van der Waals surface area contributed by atoms with E-state index >= 15 is 0 Å². The van der Waals surface area contributed by atoms with Gasteiger partial charge in [-0.25, -0.2) is 0 Å². The van der Waals surface area contributed by atoms with Crippen LogP contribution in [0.3, 0.4) is 0 Å². The third-order valence-electron chi connectivity index (χ3n) is 0.478. The Kier molecular flexibility index (Phi) is 13.8. The van der Waals surface area contributed by atoms with Gasteiger partial charge >= 0.3 is 0 Å². The molecule has 0 aromatic carbocycles. The summed E-state index contributed by atoms with van der Waals surface area (Å²) in [5.74, 6) is 0. The van der Waals surface area contributed by atoms with Crippen molar-refractivity contribution < 1.29 is 37.2 Å². The van der Waals surface area contributed by atoms with Crippen molar-refractivity contribution in [3.63, 3.8) is 0 Å². The Morgan fingerprint density at radius 3 is 1.40 bits per heavy atom. The summed E-state index contributed by atoms with van der Waals surface area (Å²) in [6, 6.07) is 0. The minimum atomic E-state index is -0.250. The number of rotatable bonds is 0. The predicted octanol–water partition coefficient (Wildman–Crippen LogP) is 0.175. The third-order valence-corrected chi connectivity index (χ3v) is 0.478. The molecule has 1 rings (SSSR count). The van der Waals surface area contributed by atoms with Crippen molar-refractivity contribution in [3.8, 4) is 0 Å². The van der Waals surface area contributed by atoms with Crippen molar-refractivity contribution in [2.45, 2.75) is 0 Å². The van der Waals surface area contributed by atoms with Crippen LogP contribution in [0.25, 0.3) is 0 Å². The number of carboxylic acid groups (broad SMARTS) is 1. The van der Waals surface area contributed by atoms with E-state index in [1.807, 2.05) is 0 Å². The summed E-state index contributed by atoms with van der Waals surface area (Å²) in [5, 5.41) is 6.89. The molecule has 1 aromatic rings. The molecule has 0 spiro atoms. The van der Waals surface area contributed by atoms with Crippen molar-refractivity contribution in [1.82, 2.24) is 9.97 Å². The maximum atomic E-state index is 8.36. The van der Waals surface area contributed by atoms with Gasteiger partial charge in [0.1, 0.15) is 0 Å². The molecule has 4 nitrogen and oxygen atoms in total. The summed E-state index contributed by atoms with van der Waals surface area (Å²) in [4.78, 5) is 15.8. The number of carbonyl (C=O) groups is 1. The zero-order valence-electron chi connectivity index (χ0n) is 5.34. The summed E-state index contributed by atoms with van der Waals surface area (Å²) in [7, 11) is 0. The van der Waals surface area contributed by atoms with Crippen molar-refractivity contribution in [1.29, 1.82) is 0 Å². The van der Waals surface area contributed by atoms with Crippen LogP contribution < -0.4 is 0 Å². The summed E-state index contributed by atoms with van der Waals surface area (Å²) >= 11 is 0. The van der Waals surface area contributed by atoms with Gasteiger partial charge in [-0.15, -0.1) is 0 Å². The zero-order valence-corrected chi connectivity index (χ0v) is 9.38. The second-order valence-electron chi connectivity index (χ2n) is 1.000. The molecule has 0 aliphatic heterocycles. The first-order chi connectivity index (χ1) is 4.41. The first-order valence-corrected chi connectivity index (χ1v) is 2.19. The molecule has 0 atom stereocenters. The van der Waals surface area contributed by atoms with Gasteiger partial charge in [0.2, 0.25) is 0 Å². The van der Waals surface area contributed by atoms with Crippen LogP contribution in [0.1, 0.15) is 0 Å². The van der Waals surface area contributed by atoms with Gasteiger partial charge in [0.15, 0.2) is 0 Å². The molecule has 0 aliphatic rings. The van der Waals surface area contributed by atoms with Gasteiger partial charge in [-0.2, -0.15) is 0 Å². The second-order valence-corrected chi connectivity index (χ2v) is 1.000. The van der Waals surface area contributed by atoms with Crippen molar-refractivity contribution in [3.05, 3.63) is 24.8 Å². The Labute approximate surface area is 78.5 Å². The van der Waals surface area contributed by atoms with Crippen molar-refractivity contribution in [2.24, 2.45) is 0 Å². The Morgan fingerprint density at radius 1 is 1.10 bits per heavy atom. The third kappa shape index (κ3) is 10.5. The zero-order chi connectivity index (χ0) is 6.95. The number of hydrogen-bond acceptors (Lipinski definition) is 3. The molecule has 0 radical (unpaired) electrons. The Balaban J connectivity index is 0. The molecule has 0 aliphatic carbocycles. The minimum absolute atomic E-state index is 0. The molecule has 0 saturated heterocycles. The Hall–Kier alpha value is -0.528. The van der Waals surface area contributed by atoms with Crippen LogP contribution in [0.5, 0.6) is 0 Å². The summed E-state index contributed by atoms with van der Waals surface area (Å²) in [5.41, 5.74) is 0. The summed E-state index contributed by atoms with van der Waals surface area (Å²) in [6.07, 6.45) is 6.56. The second kappa shape index (κ2) is 11.3. The fraction of sp³-hybridized carbons (Fsp3) is 0. The molecule has 0 fully saturated rings. The molecule has 1 aromatic heterocycles. The van der Waals surface area contributed by atoms with E-state index in [1.165, 1.54) is 0 Å². The summed E-state index contributed by atoms with van der Waals surface area (Å²) in [6.45, 7) is -0.250. The fourth-order valence-electron chi connectivity index (χ4n) is 0.253. The maximum absolute atomic E-state index is 8.36. The molecule has 1 heterocycles. The van der Waals surface area contributed by atoms with E-state index in [1.54, 1.807) is 24.8 Å². The molecule has 1 N–H and O–H groups in total. The largest absolute Gasteiger partial charge is 0.483 e. The molecular formula is C5H6CdN2O2. The monoisotopic (exact) mass is 240 g/mol. The SMILES string of the molecule is O=CO.[Cd].c1cnccn1. The molecule has 10 heavy (non-hydrogen) atoms. The van der Waals surface area contributed by atoms with Crippen LogP contribution in [0.15, 0.2) is 24.8 Å². The Morgan fingerprint density at radius 2 is 1.30 bits per heavy atom. The number of aromatic nitrogens is 2. The van der Waals surface area contributed by atoms with Crippen LogP contribution in [0, 0.1) is 0 Å². The van der Waals surface area contributed by atoms with Crippen LogP contribution in [-0.2, 0) is 32.1 Å². The quantitative estimate of drug-likeness (QED) is 0.517. The van der Waals surface area contributed by atoms with Crippen LogP contribution in [0.2, 0.25) is 0 Å². The van der Waals surface area contributed by atoms with Gasteiger partial charge in [0.25, 0.3) is 6.47 Å². The van der Waals surface area contributed by atoms with Gasteiger partial charge < -0.3 is 5.11 Å². The van der Waals surface area contributed by atoms with Gasteiger partial charge in [0, 0.05) is 52.1 Å². The topological polar surface area (TPSA) is 63.1 Å². The molecule has 0 amide bonds. The van der Waals surface area contributed by atoms with Gasteiger partial charge in [-0.3, -0.25) is 14.8 Å².